The summed E-state index contributed by atoms with van der Waals surface area (Å²) in [5, 5.41) is 13.9. The molecule has 5 nitrogen and oxygen atoms in total. The molecule has 18 heavy (non-hydrogen) atoms. The number of ether oxygens (including phenoxy) is 1. The highest BCUT2D eigenvalue weighted by atomic mass is 16.6. The van der Waals surface area contributed by atoms with E-state index < -0.39 is 4.92 Å². The summed E-state index contributed by atoms with van der Waals surface area (Å²) in [7, 11) is 1.54. The lowest BCUT2D eigenvalue weighted by Gasteiger charge is -2.13. The van der Waals surface area contributed by atoms with Gasteiger partial charge in [-0.2, -0.15) is 0 Å². The van der Waals surface area contributed by atoms with Gasteiger partial charge in [-0.3, -0.25) is 10.1 Å². The molecule has 0 aliphatic carbocycles. The Morgan fingerprint density at radius 1 is 1.61 bits per heavy atom. The van der Waals surface area contributed by atoms with Gasteiger partial charge in [-0.1, -0.05) is 0 Å². The van der Waals surface area contributed by atoms with Crippen LogP contribution < -0.4 is 10.1 Å². The average Bonchev–Trinajstić information content (AvgIpc) is 2.36. The minimum atomic E-state index is -0.423. The Morgan fingerprint density at radius 3 is 2.89 bits per heavy atom. The highest BCUT2D eigenvalue weighted by Gasteiger charge is 2.11. The summed E-state index contributed by atoms with van der Waals surface area (Å²) in [5.74, 6) is 3.19. The van der Waals surface area contributed by atoms with E-state index in [1.807, 2.05) is 6.92 Å². The van der Waals surface area contributed by atoms with Crippen molar-refractivity contribution in [1.82, 2.24) is 5.32 Å². The van der Waals surface area contributed by atoms with E-state index in [1.165, 1.54) is 19.2 Å². The molecule has 0 fully saturated rings. The second-order valence-electron chi connectivity index (χ2n) is 3.94. The lowest BCUT2D eigenvalue weighted by Crippen LogP contribution is -2.25. The van der Waals surface area contributed by atoms with E-state index in [4.69, 9.17) is 11.2 Å². The molecular formula is C13H16N2O3. The third kappa shape index (κ3) is 3.75. The Labute approximate surface area is 106 Å². The van der Waals surface area contributed by atoms with Gasteiger partial charge in [0, 0.05) is 36.7 Å². The van der Waals surface area contributed by atoms with Crippen molar-refractivity contribution in [2.45, 2.75) is 25.9 Å². The highest BCUT2D eigenvalue weighted by Crippen LogP contribution is 2.23. The fourth-order valence-electron chi connectivity index (χ4n) is 1.55. The molecule has 1 atom stereocenters. The molecule has 1 unspecified atom stereocenters. The predicted octanol–water partition coefficient (Wildman–Crippen LogP) is 2.10. The Balaban J connectivity index is 2.82. The number of nitro benzene ring substituents is 1. The molecule has 0 aliphatic heterocycles. The molecule has 5 heteroatoms. The van der Waals surface area contributed by atoms with Gasteiger partial charge in [-0.05, 0) is 13.0 Å². The molecule has 0 heterocycles. The van der Waals surface area contributed by atoms with Crippen molar-refractivity contribution in [2.75, 3.05) is 7.11 Å². The molecule has 0 aliphatic rings. The molecule has 0 amide bonds. The zero-order chi connectivity index (χ0) is 13.5. The van der Waals surface area contributed by atoms with Gasteiger partial charge in [0.2, 0.25) is 0 Å². The number of methoxy groups -OCH3 is 1. The van der Waals surface area contributed by atoms with E-state index in [-0.39, 0.29) is 11.7 Å². The zero-order valence-corrected chi connectivity index (χ0v) is 10.5. The second kappa shape index (κ2) is 6.62. The van der Waals surface area contributed by atoms with Gasteiger partial charge in [-0.15, -0.1) is 12.3 Å². The smallest absolute Gasteiger partial charge is 0.270 e. The first-order chi connectivity index (χ1) is 8.58. The number of hydrogen-bond donors (Lipinski definition) is 1. The fraction of sp³-hybridized carbons (Fsp3) is 0.385. The summed E-state index contributed by atoms with van der Waals surface area (Å²) < 4.78 is 5.17. The van der Waals surface area contributed by atoms with Crippen LogP contribution in [0.1, 0.15) is 18.9 Å². The number of rotatable bonds is 6. The van der Waals surface area contributed by atoms with Crippen LogP contribution in [-0.4, -0.2) is 18.1 Å². The van der Waals surface area contributed by atoms with E-state index in [9.17, 15) is 10.1 Å². The van der Waals surface area contributed by atoms with Gasteiger partial charge in [-0.25, -0.2) is 0 Å². The maximum Gasteiger partial charge on any atom is 0.270 e. The average molecular weight is 248 g/mol. The molecular weight excluding hydrogens is 232 g/mol. The summed E-state index contributed by atoms with van der Waals surface area (Å²) in [6, 6.07) is 4.68. The van der Waals surface area contributed by atoms with E-state index >= 15 is 0 Å². The minimum absolute atomic E-state index is 0.0530. The summed E-state index contributed by atoms with van der Waals surface area (Å²) in [6.45, 7) is 2.44. The van der Waals surface area contributed by atoms with Crippen molar-refractivity contribution < 1.29 is 9.66 Å². The third-order valence-corrected chi connectivity index (χ3v) is 2.54. The number of hydrogen-bond acceptors (Lipinski definition) is 4. The number of non-ortho nitro benzene ring substituents is 1. The first-order valence-corrected chi connectivity index (χ1v) is 5.56. The summed E-state index contributed by atoms with van der Waals surface area (Å²) in [6.07, 6.45) is 5.82. The lowest BCUT2D eigenvalue weighted by molar-refractivity contribution is -0.384. The predicted molar refractivity (Wildman–Crippen MR) is 69.4 cm³/mol. The normalized spacial score (nSPS) is 11.6. The topological polar surface area (TPSA) is 64.4 Å². The minimum Gasteiger partial charge on any atom is -0.496 e. The molecule has 1 aromatic rings. The lowest BCUT2D eigenvalue weighted by atomic mass is 10.1. The molecule has 1 aromatic carbocycles. The summed E-state index contributed by atoms with van der Waals surface area (Å²) in [4.78, 5) is 10.3. The summed E-state index contributed by atoms with van der Waals surface area (Å²) >= 11 is 0. The Hall–Kier alpha value is -2.06. The first kappa shape index (κ1) is 14.0. The van der Waals surface area contributed by atoms with E-state index in [0.717, 1.165) is 5.56 Å². The van der Waals surface area contributed by atoms with Crippen LogP contribution in [0, 0.1) is 22.5 Å². The van der Waals surface area contributed by atoms with Crippen LogP contribution in [-0.2, 0) is 6.54 Å². The van der Waals surface area contributed by atoms with E-state index in [2.05, 4.69) is 11.2 Å². The molecule has 0 saturated heterocycles. The van der Waals surface area contributed by atoms with Gasteiger partial charge in [0.25, 0.3) is 5.69 Å². The highest BCUT2D eigenvalue weighted by molar-refractivity contribution is 5.43. The maximum atomic E-state index is 10.7. The number of nitrogens with zero attached hydrogens (tertiary/aromatic N) is 1. The van der Waals surface area contributed by atoms with Gasteiger partial charge < -0.3 is 10.1 Å². The van der Waals surface area contributed by atoms with Crippen molar-refractivity contribution >= 4 is 5.69 Å². The van der Waals surface area contributed by atoms with Crippen LogP contribution in [0.15, 0.2) is 18.2 Å². The largest absolute Gasteiger partial charge is 0.496 e. The molecule has 0 radical (unpaired) electrons. The van der Waals surface area contributed by atoms with Crippen molar-refractivity contribution in [3.05, 3.63) is 33.9 Å². The van der Waals surface area contributed by atoms with Crippen LogP contribution in [0.25, 0.3) is 0 Å². The van der Waals surface area contributed by atoms with Crippen molar-refractivity contribution in [3.63, 3.8) is 0 Å². The van der Waals surface area contributed by atoms with Crippen LogP contribution >= 0.6 is 0 Å². The quantitative estimate of drug-likeness (QED) is 0.475. The van der Waals surface area contributed by atoms with Crippen LogP contribution in [0.5, 0.6) is 5.75 Å². The molecule has 96 valence electrons. The van der Waals surface area contributed by atoms with E-state index in [1.54, 1.807) is 6.07 Å². The molecule has 1 N–H and O–H groups in total. The molecule has 1 rings (SSSR count). The monoisotopic (exact) mass is 248 g/mol. The Morgan fingerprint density at radius 2 is 2.33 bits per heavy atom. The zero-order valence-electron chi connectivity index (χ0n) is 10.5. The Kier molecular flexibility index (Phi) is 5.15. The second-order valence-corrected chi connectivity index (χ2v) is 3.94. The number of nitrogens with one attached hydrogen (secondary N) is 1. The van der Waals surface area contributed by atoms with Crippen LogP contribution in [0.3, 0.4) is 0 Å². The fourth-order valence-corrected chi connectivity index (χ4v) is 1.55. The third-order valence-electron chi connectivity index (χ3n) is 2.54. The van der Waals surface area contributed by atoms with Gasteiger partial charge in [0.15, 0.2) is 0 Å². The number of terminal acetylenes is 1. The number of nitro groups is 1. The maximum absolute atomic E-state index is 10.7. The van der Waals surface area contributed by atoms with Crippen molar-refractivity contribution in [3.8, 4) is 18.1 Å². The SMILES string of the molecule is C#CCC(C)NCc1cc([N+](=O)[O-])ccc1OC. The van der Waals surface area contributed by atoms with Gasteiger partial charge >= 0.3 is 0 Å². The standard InChI is InChI=1S/C13H16N2O3/c1-4-5-10(2)14-9-11-8-12(15(16)17)6-7-13(11)18-3/h1,6-8,10,14H,5,9H2,2-3H3. The Bertz CT molecular complexity index is 466. The summed E-state index contributed by atoms with van der Waals surface area (Å²) in [5.41, 5.74) is 0.799. The first-order valence-electron chi connectivity index (χ1n) is 5.56. The van der Waals surface area contributed by atoms with Crippen LogP contribution in [0.4, 0.5) is 5.69 Å². The van der Waals surface area contributed by atoms with Crippen LogP contribution in [0.2, 0.25) is 0 Å². The van der Waals surface area contributed by atoms with Gasteiger partial charge in [0.05, 0.1) is 12.0 Å². The van der Waals surface area contributed by atoms with Gasteiger partial charge in [0.1, 0.15) is 5.75 Å². The number of benzene rings is 1. The van der Waals surface area contributed by atoms with Crippen molar-refractivity contribution in [2.24, 2.45) is 0 Å². The van der Waals surface area contributed by atoms with E-state index in [0.29, 0.717) is 18.7 Å². The van der Waals surface area contributed by atoms with Crippen molar-refractivity contribution in [1.29, 1.82) is 0 Å². The molecule has 0 saturated carbocycles. The molecule has 0 aromatic heterocycles. The molecule has 0 bridgehead atoms. The molecule has 0 spiro atoms.